The second-order valence-corrected chi connectivity index (χ2v) is 7.65. The van der Waals surface area contributed by atoms with Crippen LogP contribution in [0.5, 0.6) is 0 Å². The minimum absolute atomic E-state index is 0.0365. The summed E-state index contributed by atoms with van der Waals surface area (Å²) in [6.07, 6.45) is -9.22. The van der Waals surface area contributed by atoms with Gasteiger partial charge in [0.25, 0.3) is 11.7 Å². The first-order chi connectivity index (χ1) is 15.7. The fourth-order valence-electron chi connectivity index (χ4n) is 3.58. The molecule has 1 amide bonds. The summed E-state index contributed by atoms with van der Waals surface area (Å²) in [6, 6.07) is 8.99. The smallest absolute Gasteiger partial charge is 0.335 e. The highest BCUT2D eigenvalue weighted by molar-refractivity contribution is 6.43. The van der Waals surface area contributed by atoms with Crippen molar-refractivity contribution >= 4 is 11.7 Å². The van der Waals surface area contributed by atoms with Crippen molar-refractivity contribution in [3.8, 4) is 5.69 Å². The lowest BCUT2D eigenvalue weighted by Gasteiger charge is -2.19. The molecule has 0 N–H and O–H groups in total. The molecule has 34 heavy (non-hydrogen) atoms. The highest BCUT2D eigenvalue weighted by Crippen LogP contribution is 2.33. The van der Waals surface area contributed by atoms with Crippen LogP contribution in [0.1, 0.15) is 38.4 Å². The molecule has 1 heterocycles. The molecule has 180 valence electrons. The third kappa shape index (κ3) is 4.97. The SMILES string of the molecule is Cc1nn(-c2cccc(C(F)(F)F)c2)c(C)c1C(=O)C(=O)N(C)Cc1ccccc1C(F)(F)F. The first kappa shape index (κ1) is 25.0. The number of hydrogen-bond donors (Lipinski definition) is 0. The Bertz CT molecular complexity index is 1240. The van der Waals surface area contributed by atoms with Crippen LogP contribution in [-0.2, 0) is 23.7 Å². The maximum atomic E-state index is 13.2. The van der Waals surface area contributed by atoms with E-state index < -0.39 is 41.7 Å². The molecule has 0 spiro atoms. The minimum Gasteiger partial charge on any atom is -0.335 e. The quantitative estimate of drug-likeness (QED) is 0.279. The van der Waals surface area contributed by atoms with Crippen LogP contribution in [-0.4, -0.2) is 33.4 Å². The molecular weight excluding hydrogens is 464 g/mol. The maximum Gasteiger partial charge on any atom is 0.416 e. The standard InChI is InChI=1S/C23H19F6N3O2/c1-13-19(14(2)32(30-13)17-9-6-8-16(11-17)22(24,25)26)20(33)21(34)31(3)12-15-7-4-5-10-18(15)23(27,28)29/h4-11H,12H2,1-3H3. The van der Waals surface area contributed by atoms with Crippen molar-refractivity contribution in [3.63, 3.8) is 0 Å². The average molecular weight is 483 g/mol. The van der Waals surface area contributed by atoms with Gasteiger partial charge >= 0.3 is 12.4 Å². The van der Waals surface area contributed by atoms with Gasteiger partial charge in [-0.2, -0.15) is 31.4 Å². The molecule has 0 aliphatic rings. The Labute approximate surface area is 190 Å². The van der Waals surface area contributed by atoms with E-state index >= 15 is 0 Å². The Balaban J connectivity index is 1.90. The van der Waals surface area contributed by atoms with Crippen molar-refractivity contribution < 1.29 is 35.9 Å². The molecule has 0 aliphatic heterocycles. The van der Waals surface area contributed by atoms with E-state index in [1.807, 2.05) is 0 Å². The number of carbonyl (C=O) groups excluding carboxylic acids is 2. The zero-order chi connectivity index (χ0) is 25.4. The highest BCUT2D eigenvalue weighted by Gasteiger charge is 2.35. The monoisotopic (exact) mass is 483 g/mol. The number of amides is 1. The molecule has 0 saturated carbocycles. The van der Waals surface area contributed by atoms with Gasteiger partial charge in [-0.05, 0) is 43.7 Å². The lowest BCUT2D eigenvalue weighted by molar-refractivity contribution is -0.139. The highest BCUT2D eigenvalue weighted by atomic mass is 19.4. The van der Waals surface area contributed by atoms with Crippen LogP contribution in [0.2, 0.25) is 0 Å². The summed E-state index contributed by atoms with van der Waals surface area (Å²) in [5.41, 5.74) is -1.90. The summed E-state index contributed by atoms with van der Waals surface area (Å²) in [4.78, 5) is 26.5. The van der Waals surface area contributed by atoms with E-state index in [9.17, 15) is 35.9 Å². The summed E-state index contributed by atoms with van der Waals surface area (Å²) < 4.78 is 80.1. The largest absolute Gasteiger partial charge is 0.416 e. The lowest BCUT2D eigenvalue weighted by Crippen LogP contribution is -2.34. The van der Waals surface area contributed by atoms with Gasteiger partial charge in [0, 0.05) is 13.6 Å². The molecule has 3 rings (SSSR count). The van der Waals surface area contributed by atoms with E-state index in [0.29, 0.717) is 0 Å². The van der Waals surface area contributed by atoms with Crippen molar-refractivity contribution in [2.75, 3.05) is 7.05 Å². The summed E-state index contributed by atoms with van der Waals surface area (Å²) in [5.74, 6) is -2.10. The van der Waals surface area contributed by atoms with E-state index in [0.717, 1.165) is 27.8 Å². The normalized spacial score (nSPS) is 12.0. The number of alkyl halides is 6. The van der Waals surface area contributed by atoms with Gasteiger partial charge < -0.3 is 4.90 Å². The van der Waals surface area contributed by atoms with Gasteiger partial charge in [0.2, 0.25) is 0 Å². The second kappa shape index (κ2) is 8.96. The number of rotatable bonds is 5. The van der Waals surface area contributed by atoms with Gasteiger partial charge in [0.15, 0.2) is 0 Å². The van der Waals surface area contributed by atoms with Crippen LogP contribution >= 0.6 is 0 Å². The number of Topliss-reactive ketones (excluding diaryl/α,β-unsaturated/α-hetero) is 1. The van der Waals surface area contributed by atoms with Crippen LogP contribution in [0.15, 0.2) is 48.5 Å². The van der Waals surface area contributed by atoms with E-state index in [2.05, 4.69) is 5.10 Å². The van der Waals surface area contributed by atoms with Crippen LogP contribution in [0.25, 0.3) is 5.69 Å². The van der Waals surface area contributed by atoms with E-state index in [1.165, 1.54) is 51.2 Å². The summed E-state index contributed by atoms with van der Waals surface area (Å²) in [6.45, 7) is 2.36. The van der Waals surface area contributed by atoms with E-state index in [-0.39, 0.29) is 28.2 Å². The van der Waals surface area contributed by atoms with Crippen LogP contribution in [0, 0.1) is 13.8 Å². The first-order valence-electron chi connectivity index (χ1n) is 9.90. The molecule has 0 saturated heterocycles. The van der Waals surface area contributed by atoms with Gasteiger partial charge in [0.05, 0.1) is 33.8 Å². The zero-order valence-corrected chi connectivity index (χ0v) is 18.3. The third-order valence-corrected chi connectivity index (χ3v) is 5.21. The van der Waals surface area contributed by atoms with Crippen molar-refractivity contribution in [2.45, 2.75) is 32.7 Å². The summed E-state index contributed by atoms with van der Waals surface area (Å²) in [7, 11) is 1.19. The fraction of sp³-hybridized carbons (Fsp3) is 0.261. The molecule has 3 aromatic rings. The summed E-state index contributed by atoms with van der Waals surface area (Å²) >= 11 is 0. The van der Waals surface area contributed by atoms with E-state index in [1.54, 1.807) is 0 Å². The molecule has 0 atom stereocenters. The number of hydrogen-bond acceptors (Lipinski definition) is 3. The number of benzene rings is 2. The average Bonchev–Trinajstić information content (AvgIpc) is 3.05. The number of aromatic nitrogens is 2. The lowest BCUT2D eigenvalue weighted by atomic mass is 10.1. The van der Waals surface area contributed by atoms with Crippen LogP contribution in [0.3, 0.4) is 0 Å². The maximum absolute atomic E-state index is 13.2. The molecule has 11 heteroatoms. The molecule has 0 aliphatic carbocycles. The molecule has 0 bridgehead atoms. The molecule has 2 aromatic carbocycles. The zero-order valence-electron chi connectivity index (χ0n) is 18.3. The number of likely N-dealkylation sites (N-methyl/N-ethyl adjacent to an activating group) is 1. The number of halogens is 6. The van der Waals surface area contributed by atoms with E-state index in [4.69, 9.17) is 0 Å². The van der Waals surface area contributed by atoms with Gasteiger partial charge in [0.1, 0.15) is 0 Å². The number of nitrogens with zero attached hydrogens (tertiary/aromatic N) is 3. The Morgan fingerprint density at radius 3 is 2.21 bits per heavy atom. The molecule has 0 radical (unpaired) electrons. The first-order valence-corrected chi connectivity index (χ1v) is 9.90. The fourth-order valence-corrected chi connectivity index (χ4v) is 3.58. The predicted octanol–water partition coefficient (Wildman–Crippen LogP) is 5.37. The Hall–Kier alpha value is -3.63. The number of carbonyl (C=O) groups is 2. The molecule has 0 fully saturated rings. The Morgan fingerprint density at radius 1 is 0.941 bits per heavy atom. The van der Waals surface area contributed by atoms with Gasteiger partial charge in [-0.15, -0.1) is 0 Å². The van der Waals surface area contributed by atoms with Gasteiger partial charge in [-0.25, -0.2) is 4.68 Å². The summed E-state index contributed by atoms with van der Waals surface area (Å²) in [5, 5.41) is 4.11. The van der Waals surface area contributed by atoms with Crippen molar-refractivity contribution in [1.29, 1.82) is 0 Å². The topological polar surface area (TPSA) is 55.2 Å². The van der Waals surface area contributed by atoms with Crippen molar-refractivity contribution in [3.05, 3.63) is 82.2 Å². The number of aryl methyl sites for hydroxylation is 1. The third-order valence-electron chi connectivity index (χ3n) is 5.21. The predicted molar refractivity (Wildman–Crippen MR) is 110 cm³/mol. The van der Waals surface area contributed by atoms with Crippen molar-refractivity contribution in [1.82, 2.24) is 14.7 Å². The Kier molecular flexibility index (Phi) is 6.59. The molecule has 5 nitrogen and oxygen atoms in total. The molecule has 1 aromatic heterocycles. The minimum atomic E-state index is -4.64. The molecule has 0 unspecified atom stereocenters. The Morgan fingerprint density at radius 2 is 1.59 bits per heavy atom. The number of ketones is 1. The van der Waals surface area contributed by atoms with Crippen molar-refractivity contribution in [2.24, 2.45) is 0 Å². The van der Waals surface area contributed by atoms with Gasteiger partial charge in [-0.1, -0.05) is 24.3 Å². The second-order valence-electron chi connectivity index (χ2n) is 7.65. The van der Waals surface area contributed by atoms with Crippen LogP contribution in [0.4, 0.5) is 26.3 Å². The molecular formula is C23H19F6N3O2. The van der Waals surface area contributed by atoms with Crippen LogP contribution < -0.4 is 0 Å². The van der Waals surface area contributed by atoms with Gasteiger partial charge in [-0.3, -0.25) is 9.59 Å².